The summed E-state index contributed by atoms with van der Waals surface area (Å²) in [6.07, 6.45) is -0.195. The van der Waals surface area contributed by atoms with Gasteiger partial charge in [0.05, 0.1) is 23.0 Å². The lowest BCUT2D eigenvalue weighted by Crippen LogP contribution is -2.47. The van der Waals surface area contributed by atoms with Gasteiger partial charge in [0.25, 0.3) is 0 Å². The lowest BCUT2D eigenvalue weighted by atomic mass is 10.2. The number of ether oxygens (including phenoxy) is 1. The molecule has 1 saturated heterocycles. The molecule has 29 heavy (non-hydrogen) atoms. The van der Waals surface area contributed by atoms with Crippen molar-refractivity contribution in [1.82, 2.24) is 4.90 Å². The van der Waals surface area contributed by atoms with Crippen LogP contribution in [0, 0.1) is 0 Å². The Balaban J connectivity index is 1.51. The first-order chi connectivity index (χ1) is 14.1. The number of carboxylic acid groups (broad SMARTS) is 1. The Morgan fingerprint density at radius 2 is 1.79 bits per heavy atom. The molecule has 1 amide bonds. The van der Waals surface area contributed by atoms with Crippen molar-refractivity contribution in [2.75, 3.05) is 55.7 Å². The summed E-state index contributed by atoms with van der Waals surface area (Å²) in [5.74, 6) is 0.603. The summed E-state index contributed by atoms with van der Waals surface area (Å²) in [4.78, 5) is 17.9. The van der Waals surface area contributed by atoms with Crippen LogP contribution in [0.4, 0.5) is 16.2 Å². The number of benzene rings is 2. The van der Waals surface area contributed by atoms with Crippen LogP contribution in [0.15, 0.2) is 48.5 Å². The zero-order valence-electron chi connectivity index (χ0n) is 16.8. The number of para-hydroxylation sites is 3. The van der Waals surface area contributed by atoms with Gasteiger partial charge in [-0.1, -0.05) is 35.9 Å². The first kappa shape index (κ1) is 21.3. The van der Waals surface area contributed by atoms with Crippen molar-refractivity contribution in [2.45, 2.75) is 13.3 Å². The highest BCUT2D eigenvalue weighted by atomic mass is 35.5. The van der Waals surface area contributed by atoms with E-state index in [2.05, 4.69) is 15.9 Å². The zero-order valence-corrected chi connectivity index (χ0v) is 17.5. The van der Waals surface area contributed by atoms with Gasteiger partial charge in [-0.25, -0.2) is 4.79 Å². The third-order valence-corrected chi connectivity index (χ3v) is 5.43. The van der Waals surface area contributed by atoms with Crippen molar-refractivity contribution in [2.24, 2.45) is 0 Å². The molecular weight excluding hydrogens is 390 g/mol. The van der Waals surface area contributed by atoms with E-state index < -0.39 is 6.09 Å². The van der Waals surface area contributed by atoms with E-state index in [9.17, 15) is 9.90 Å². The molecule has 1 aliphatic heterocycles. The van der Waals surface area contributed by atoms with Gasteiger partial charge >= 0.3 is 6.09 Å². The van der Waals surface area contributed by atoms with Crippen LogP contribution in [0.3, 0.4) is 0 Å². The van der Waals surface area contributed by atoms with Crippen molar-refractivity contribution in [3.05, 3.63) is 53.6 Å². The maximum Gasteiger partial charge on any atom is 0.411 e. The van der Waals surface area contributed by atoms with Crippen molar-refractivity contribution < 1.29 is 14.6 Å². The lowest BCUT2D eigenvalue weighted by molar-refractivity contribution is 0.200. The Labute approximate surface area is 177 Å². The van der Waals surface area contributed by atoms with Crippen LogP contribution in [0.25, 0.3) is 0 Å². The minimum atomic E-state index is -0.958. The topological polar surface area (TPSA) is 56.2 Å². The number of carbonyl (C=O) groups is 1. The maximum absolute atomic E-state index is 11.8. The molecule has 6 nitrogen and oxygen atoms in total. The van der Waals surface area contributed by atoms with E-state index in [1.54, 1.807) is 6.07 Å². The Bertz CT molecular complexity index is 809. The van der Waals surface area contributed by atoms with Gasteiger partial charge in [-0.05, 0) is 44.2 Å². The summed E-state index contributed by atoms with van der Waals surface area (Å²) in [5, 5.41) is 10.5. The van der Waals surface area contributed by atoms with Gasteiger partial charge in [-0.15, -0.1) is 0 Å². The fourth-order valence-corrected chi connectivity index (χ4v) is 3.91. The van der Waals surface area contributed by atoms with E-state index >= 15 is 0 Å². The number of rotatable bonds is 8. The fraction of sp³-hybridized carbons (Fsp3) is 0.409. The molecule has 0 atom stereocenters. The smallest absolute Gasteiger partial charge is 0.411 e. The molecule has 7 heteroatoms. The lowest BCUT2D eigenvalue weighted by Gasteiger charge is -2.36. The number of piperazine rings is 1. The van der Waals surface area contributed by atoms with Crippen molar-refractivity contribution in [3.8, 4) is 5.75 Å². The highest BCUT2D eigenvalue weighted by Gasteiger charge is 2.21. The van der Waals surface area contributed by atoms with Gasteiger partial charge in [0.2, 0.25) is 0 Å². The normalized spacial score (nSPS) is 14.6. The van der Waals surface area contributed by atoms with E-state index in [0.717, 1.165) is 49.9 Å². The molecule has 0 saturated carbocycles. The van der Waals surface area contributed by atoms with Gasteiger partial charge in [-0.2, -0.15) is 0 Å². The molecular formula is C22H28ClN3O3. The maximum atomic E-state index is 11.8. The molecule has 0 spiro atoms. The number of hydrogen-bond acceptors (Lipinski definition) is 4. The van der Waals surface area contributed by atoms with E-state index in [1.165, 1.54) is 4.90 Å². The monoisotopic (exact) mass is 417 g/mol. The van der Waals surface area contributed by atoms with Gasteiger partial charge in [-0.3, -0.25) is 9.80 Å². The number of hydrogen-bond donors (Lipinski definition) is 1. The Morgan fingerprint density at radius 3 is 2.48 bits per heavy atom. The fourth-order valence-electron chi connectivity index (χ4n) is 3.65. The summed E-state index contributed by atoms with van der Waals surface area (Å²) < 4.78 is 5.60. The minimum absolute atomic E-state index is 0.435. The van der Waals surface area contributed by atoms with Crippen LogP contribution in [0.5, 0.6) is 5.75 Å². The molecule has 2 aromatic rings. The molecule has 1 N–H and O–H groups in total. The SMILES string of the molecule is CCOc1ccccc1N(CCCN1CCN(c2ccccc2Cl)CC1)C(=O)O. The van der Waals surface area contributed by atoms with Crippen molar-refractivity contribution >= 4 is 29.1 Å². The summed E-state index contributed by atoms with van der Waals surface area (Å²) >= 11 is 6.31. The van der Waals surface area contributed by atoms with Crippen molar-refractivity contribution in [3.63, 3.8) is 0 Å². The average molecular weight is 418 g/mol. The molecule has 156 valence electrons. The molecule has 2 aromatic carbocycles. The summed E-state index contributed by atoms with van der Waals surface area (Å²) in [6, 6.07) is 15.2. The molecule has 1 aliphatic rings. The third kappa shape index (κ3) is 5.55. The molecule has 1 heterocycles. The van der Waals surface area contributed by atoms with E-state index in [0.29, 0.717) is 24.6 Å². The van der Waals surface area contributed by atoms with Crippen LogP contribution < -0.4 is 14.5 Å². The van der Waals surface area contributed by atoms with E-state index in [-0.39, 0.29) is 0 Å². The number of nitrogens with zero attached hydrogens (tertiary/aromatic N) is 3. The van der Waals surface area contributed by atoms with Gasteiger partial charge in [0, 0.05) is 32.7 Å². The summed E-state index contributed by atoms with van der Waals surface area (Å²) in [5.41, 5.74) is 1.68. The van der Waals surface area contributed by atoms with Crippen LogP contribution >= 0.6 is 11.6 Å². The second kappa shape index (κ2) is 10.4. The van der Waals surface area contributed by atoms with Gasteiger partial charge in [0.15, 0.2) is 0 Å². The first-order valence-electron chi connectivity index (χ1n) is 10.0. The molecule has 0 radical (unpaired) electrons. The van der Waals surface area contributed by atoms with Gasteiger partial charge < -0.3 is 14.7 Å². The predicted molar refractivity (Wildman–Crippen MR) is 118 cm³/mol. The van der Waals surface area contributed by atoms with Gasteiger partial charge in [0.1, 0.15) is 5.75 Å². The average Bonchev–Trinajstić information content (AvgIpc) is 2.73. The minimum Gasteiger partial charge on any atom is -0.492 e. The summed E-state index contributed by atoms with van der Waals surface area (Å²) in [6.45, 7) is 7.40. The quantitative estimate of drug-likeness (QED) is 0.688. The van der Waals surface area contributed by atoms with Crippen molar-refractivity contribution in [1.29, 1.82) is 0 Å². The number of halogens is 1. The van der Waals surface area contributed by atoms with Crippen LogP contribution in [-0.2, 0) is 0 Å². The number of anilines is 2. The Hall–Kier alpha value is -2.44. The molecule has 1 fully saturated rings. The zero-order chi connectivity index (χ0) is 20.6. The van der Waals surface area contributed by atoms with E-state index in [4.69, 9.17) is 16.3 Å². The second-order valence-corrected chi connectivity index (χ2v) is 7.38. The largest absolute Gasteiger partial charge is 0.492 e. The van der Waals surface area contributed by atoms with E-state index in [1.807, 2.05) is 43.3 Å². The van der Waals surface area contributed by atoms with Crippen LogP contribution in [-0.4, -0.2) is 62.0 Å². The Kier molecular flexibility index (Phi) is 7.61. The highest BCUT2D eigenvalue weighted by Crippen LogP contribution is 2.29. The second-order valence-electron chi connectivity index (χ2n) is 6.97. The Morgan fingerprint density at radius 1 is 1.10 bits per heavy atom. The molecule has 0 bridgehead atoms. The third-order valence-electron chi connectivity index (χ3n) is 5.11. The predicted octanol–water partition coefficient (Wildman–Crippen LogP) is 4.44. The van der Waals surface area contributed by atoms with Crippen LogP contribution in [0.1, 0.15) is 13.3 Å². The molecule has 0 aliphatic carbocycles. The first-order valence-corrected chi connectivity index (χ1v) is 10.4. The highest BCUT2D eigenvalue weighted by molar-refractivity contribution is 6.33. The molecule has 0 unspecified atom stereocenters. The number of amides is 1. The van der Waals surface area contributed by atoms with Crippen LogP contribution in [0.2, 0.25) is 5.02 Å². The standard InChI is InChI=1S/C22H28ClN3O3/c1-2-29-21-11-6-5-10-20(21)26(22(27)28)13-7-12-24-14-16-25(17-15-24)19-9-4-3-8-18(19)23/h3-6,8-11H,2,7,12-17H2,1H3,(H,27,28). The molecule has 0 aromatic heterocycles. The molecule has 3 rings (SSSR count). The summed E-state index contributed by atoms with van der Waals surface area (Å²) in [7, 11) is 0.